The second-order valence-electron chi connectivity index (χ2n) is 14.1. The second-order valence-corrected chi connectivity index (χ2v) is 19.5. The zero-order valence-electron chi connectivity index (χ0n) is 31.5. The SMILES string of the molecule is CC(=O)OC1O[C@](COCCOCCOCCO[Si](C(C)C)(C(C)C)C(C)C)(COCc2ccccc2)[C@@H](OCc2ccccc2)[C@H]1CC(=O)O. The van der Waals surface area contributed by atoms with Crippen LogP contribution in [-0.4, -0.2) is 96.2 Å². The van der Waals surface area contributed by atoms with Crippen molar-refractivity contribution >= 4 is 20.3 Å². The standard InChI is InChI=1S/C39H60O11Si/c1-29(2)51(30(3)4,31(5)6)48-23-22-44-19-18-43-20-21-45-27-39(28-46-25-33-14-10-8-11-15-33)37(47-26-34-16-12-9-13-17-34)35(24-36(41)42)38(50-39)49-32(7)40/h8-17,29-31,35,37-38H,18-28H2,1-7H3,(H,41,42)/t35-,37+,38?,39-/m1/s1. The first kappa shape index (κ1) is 42.7. The first-order chi connectivity index (χ1) is 24.4. The fourth-order valence-electron chi connectivity index (χ4n) is 7.29. The zero-order chi connectivity index (χ0) is 37.3. The summed E-state index contributed by atoms with van der Waals surface area (Å²) in [6.07, 6.45) is -2.36. The van der Waals surface area contributed by atoms with Crippen LogP contribution in [0.2, 0.25) is 16.6 Å². The van der Waals surface area contributed by atoms with Crippen LogP contribution in [-0.2, 0) is 60.4 Å². The van der Waals surface area contributed by atoms with Gasteiger partial charge in [0.15, 0.2) is 8.32 Å². The van der Waals surface area contributed by atoms with Gasteiger partial charge >= 0.3 is 11.9 Å². The minimum Gasteiger partial charge on any atom is -0.481 e. The van der Waals surface area contributed by atoms with Crippen molar-refractivity contribution in [2.24, 2.45) is 5.92 Å². The molecule has 0 bridgehead atoms. The summed E-state index contributed by atoms with van der Waals surface area (Å²) in [5.41, 5.74) is 2.12. The molecule has 1 unspecified atom stereocenters. The molecule has 0 radical (unpaired) electrons. The molecular weight excluding hydrogens is 673 g/mol. The van der Waals surface area contributed by atoms with Crippen molar-refractivity contribution in [3.8, 4) is 0 Å². The minimum atomic E-state index is -1.92. The molecule has 12 heteroatoms. The Balaban J connectivity index is 1.61. The molecule has 286 valence electrons. The summed E-state index contributed by atoms with van der Waals surface area (Å²) in [5, 5.41) is 9.84. The van der Waals surface area contributed by atoms with Gasteiger partial charge in [-0.05, 0) is 27.8 Å². The van der Waals surface area contributed by atoms with E-state index < -0.39 is 44.2 Å². The fraction of sp³-hybridized carbons (Fsp3) is 0.641. The van der Waals surface area contributed by atoms with Gasteiger partial charge in [-0.15, -0.1) is 0 Å². The average Bonchev–Trinajstić information content (AvgIpc) is 3.34. The van der Waals surface area contributed by atoms with E-state index in [-0.39, 0.29) is 39.5 Å². The summed E-state index contributed by atoms with van der Waals surface area (Å²) in [4.78, 5) is 24.1. The maximum absolute atomic E-state index is 12.1. The molecule has 1 saturated heterocycles. The molecule has 1 aliphatic rings. The molecule has 0 aliphatic carbocycles. The number of hydrogen-bond donors (Lipinski definition) is 1. The molecule has 0 saturated carbocycles. The first-order valence-corrected chi connectivity index (χ1v) is 20.3. The van der Waals surface area contributed by atoms with Gasteiger partial charge in [0.25, 0.3) is 0 Å². The topological polar surface area (TPSA) is 128 Å². The third-order valence-electron chi connectivity index (χ3n) is 9.41. The van der Waals surface area contributed by atoms with Crippen LogP contribution in [0.3, 0.4) is 0 Å². The molecule has 2 aromatic rings. The predicted molar refractivity (Wildman–Crippen MR) is 196 cm³/mol. The van der Waals surface area contributed by atoms with Crippen LogP contribution in [0.15, 0.2) is 60.7 Å². The van der Waals surface area contributed by atoms with E-state index in [2.05, 4.69) is 41.5 Å². The Kier molecular flexibility index (Phi) is 18.2. The molecular formula is C39H60O11Si. The summed E-state index contributed by atoms with van der Waals surface area (Å²) >= 11 is 0. The number of carbonyl (C=O) groups excluding carboxylic acids is 1. The number of hydrogen-bond acceptors (Lipinski definition) is 10. The summed E-state index contributed by atoms with van der Waals surface area (Å²) in [6.45, 7) is 17.8. The van der Waals surface area contributed by atoms with E-state index in [9.17, 15) is 14.7 Å². The lowest BCUT2D eigenvalue weighted by Crippen LogP contribution is -2.51. The van der Waals surface area contributed by atoms with Crippen LogP contribution in [0.25, 0.3) is 0 Å². The Bertz CT molecular complexity index is 1250. The van der Waals surface area contributed by atoms with Crippen molar-refractivity contribution in [2.75, 3.05) is 52.9 Å². The van der Waals surface area contributed by atoms with Crippen LogP contribution in [0, 0.1) is 5.92 Å². The van der Waals surface area contributed by atoms with Gasteiger partial charge in [0, 0.05) is 6.92 Å². The van der Waals surface area contributed by atoms with Crippen molar-refractivity contribution in [1.82, 2.24) is 0 Å². The Morgan fingerprint density at radius 3 is 1.73 bits per heavy atom. The number of aliphatic carboxylic acids is 1. The summed E-state index contributed by atoms with van der Waals surface area (Å²) in [6, 6.07) is 19.2. The van der Waals surface area contributed by atoms with E-state index in [0.29, 0.717) is 49.7 Å². The van der Waals surface area contributed by atoms with Gasteiger partial charge in [0.1, 0.15) is 11.7 Å². The fourth-order valence-corrected chi connectivity index (χ4v) is 12.7. The molecule has 1 heterocycles. The lowest BCUT2D eigenvalue weighted by molar-refractivity contribution is -0.220. The summed E-state index contributed by atoms with van der Waals surface area (Å²) in [5.74, 6) is -2.48. The number of rotatable bonds is 25. The van der Waals surface area contributed by atoms with E-state index in [1.807, 2.05) is 60.7 Å². The van der Waals surface area contributed by atoms with Gasteiger partial charge in [-0.25, -0.2) is 0 Å². The first-order valence-electron chi connectivity index (χ1n) is 18.1. The highest BCUT2D eigenvalue weighted by Crippen LogP contribution is 2.43. The third kappa shape index (κ3) is 13.0. The Labute approximate surface area is 305 Å². The minimum absolute atomic E-state index is 0.000568. The van der Waals surface area contributed by atoms with E-state index >= 15 is 0 Å². The maximum atomic E-state index is 12.1. The molecule has 0 amide bonds. The summed E-state index contributed by atoms with van der Waals surface area (Å²) in [7, 11) is -1.92. The molecule has 1 N–H and O–H groups in total. The largest absolute Gasteiger partial charge is 0.481 e. The van der Waals surface area contributed by atoms with Crippen molar-refractivity contribution in [2.45, 2.75) is 103 Å². The van der Waals surface area contributed by atoms with Crippen molar-refractivity contribution < 1.29 is 52.3 Å². The number of carboxylic acid groups (broad SMARTS) is 1. The molecule has 0 aromatic heterocycles. The Morgan fingerprint density at radius 2 is 1.22 bits per heavy atom. The Morgan fingerprint density at radius 1 is 0.725 bits per heavy atom. The van der Waals surface area contributed by atoms with Crippen molar-refractivity contribution in [3.63, 3.8) is 0 Å². The molecule has 11 nitrogen and oxygen atoms in total. The molecule has 3 rings (SSSR count). The molecule has 0 spiro atoms. The van der Waals surface area contributed by atoms with Crippen LogP contribution < -0.4 is 0 Å². The lowest BCUT2D eigenvalue weighted by atomic mass is 9.88. The normalized spacial score (nSPS) is 20.8. The molecule has 4 atom stereocenters. The highest BCUT2D eigenvalue weighted by Gasteiger charge is 2.58. The number of carbonyl (C=O) groups is 2. The van der Waals surface area contributed by atoms with Gasteiger partial charge in [-0.1, -0.05) is 102 Å². The van der Waals surface area contributed by atoms with Gasteiger partial charge in [0.05, 0.1) is 78.4 Å². The lowest BCUT2D eigenvalue weighted by Gasteiger charge is -2.42. The Hall–Kier alpha value is -2.68. The monoisotopic (exact) mass is 732 g/mol. The second kappa shape index (κ2) is 21.7. The van der Waals surface area contributed by atoms with Crippen LogP contribution in [0.5, 0.6) is 0 Å². The van der Waals surface area contributed by atoms with Gasteiger partial charge in [-0.2, -0.15) is 0 Å². The van der Waals surface area contributed by atoms with E-state index in [1.165, 1.54) is 6.92 Å². The molecule has 51 heavy (non-hydrogen) atoms. The number of esters is 1. The van der Waals surface area contributed by atoms with E-state index in [0.717, 1.165) is 11.1 Å². The predicted octanol–water partition coefficient (Wildman–Crippen LogP) is 6.78. The van der Waals surface area contributed by atoms with E-state index in [4.69, 9.17) is 37.6 Å². The zero-order valence-corrected chi connectivity index (χ0v) is 32.5. The van der Waals surface area contributed by atoms with Crippen molar-refractivity contribution in [3.05, 3.63) is 71.8 Å². The molecule has 1 aliphatic heterocycles. The molecule has 1 fully saturated rings. The van der Waals surface area contributed by atoms with Gasteiger partial charge in [-0.3, -0.25) is 9.59 Å². The van der Waals surface area contributed by atoms with E-state index in [1.54, 1.807) is 0 Å². The number of benzene rings is 2. The molecule has 2 aromatic carbocycles. The number of carboxylic acids is 1. The van der Waals surface area contributed by atoms with Crippen LogP contribution in [0.4, 0.5) is 0 Å². The summed E-state index contributed by atoms with van der Waals surface area (Å²) < 4.78 is 48.8. The number of ether oxygens (including phenoxy) is 7. The van der Waals surface area contributed by atoms with Crippen molar-refractivity contribution in [1.29, 1.82) is 0 Å². The third-order valence-corrected chi connectivity index (χ3v) is 15.5. The van der Waals surface area contributed by atoms with Gasteiger partial charge < -0.3 is 42.7 Å². The highest BCUT2D eigenvalue weighted by atomic mass is 28.4. The van der Waals surface area contributed by atoms with Crippen LogP contribution in [0.1, 0.15) is 66.0 Å². The smallest absolute Gasteiger partial charge is 0.304 e. The quantitative estimate of drug-likeness (QED) is 0.0659. The van der Waals surface area contributed by atoms with Gasteiger partial charge in [0.2, 0.25) is 6.29 Å². The van der Waals surface area contributed by atoms with Crippen LogP contribution >= 0.6 is 0 Å². The maximum Gasteiger partial charge on any atom is 0.304 e. The average molecular weight is 733 g/mol. The highest BCUT2D eigenvalue weighted by molar-refractivity contribution is 6.77.